The summed E-state index contributed by atoms with van der Waals surface area (Å²) in [5.41, 5.74) is 1.44. The molecular weight excluding hydrogens is 211 g/mol. The van der Waals surface area contributed by atoms with Crippen LogP contribution in [0.4, 0.5) is 0 Å². The largest absolute Gasteiger partial charge is 0.350 e. The molecule has 2 heterocycles. The molecule has 0 saturated carbocycles. The van der Waals surface area contributed by atoms with Gasteiger partial charge in [0.25, 0.3) is 5.91 Å². The normalized spacial score (nSPS) is 14.1. The van der Waals surface area contributed by atoms with Gasteiger partial charge < -0.3 is 5.32 Å². The predicted molar refractivity (Wildman–Crippen MR) is 52.5 cm³/mol. The van der Waals surface area contributed by atoms with Gasteiger partial charge >= 0.3 is 0 Å². The third-order valence-corrected chi connectivity index (χ3v) is 2.05. The highest BCUT2D eigenvalue weighted by atomic mass is 35.5. The molecule has 0 atom stereocenters. The van der Waals surface area contributed by atoms with Gasteiger partial charge in [0.1, 0.15) is 10.8 Å². The number of nitrogens with zero attached hydrogens (tertiary/aromatic N) is 1. The fourth-order valence-corrected chi connectivity index (χ4v) is 1.40. The van der Waals surface area contributed by atoms with Crippen molar-refractivity contribution in [2.75, 3.05) is 6.54 Å². The fraction of sp³-hybridized carbons (Fsp3) is 0.250. The predicted octanol–water partition coefficient (Wildman–Crippen LogP) is 1.44. The minimum Gasteiger partial charge on any atom is -0.350 e. The van der Waals surface area contributed by atoms with Crippen molar-refractivity contribution in [2.24, 2.45) is 0 Å². The molecule has 2 rings (SSSR count). The monoisotopic (exact) mass is 218 g/mol. The van der Waals surface area contributed by atoms with Gasteiger partial charge in [-0.1, -0.05) is 17.7 Å². The molecule has 13 heavy (non-hydrogen) atoms. The minimum absolute atomic E-state index is 0. The van der Waals surface area contributed by atoms with E-state index in [9.17, 15) is 4.79 Å². The third kappa shape index (κ3) is 1.92. The van der Waals surface area contributed by atoms with Crippen LogP contribution < -0.4 is 5.32 Å². The molecule has 1 aliphatic rings. The van der Waals surface area contributed by atoms with Crippen molar-refractivity contribution in [3.63, 3.8) is 0 Å². The van der Waals surface area contributed by atoms with Gasteiger partial charge in [0, 0.05) is 6.54 Å². The number of amides is 1. The first-order chi connectivity index (χ1) is 5.77. The third-order valence-electron chi connectivity index (χ3n) is 1.84. The van der Waals surface area contributed by atoms with Gasteiger partial charge in [-0.05, 0) is 18.1 Å². The van der Waals surface area contributed by atoms with Crippen LogP contribution in [0.2, 0.25) is 5.15 Å². The molecule has 0 saturated heterocycles. The zero-order valence-electron chi connectivity index (χ0n) is 6.71. The lowest BCUT2D eigenvalue weighted by molar-refractivity contribution is 0.0940. The molecule has 70 valence electrons. The highest BCUT2D eigenvalue weighted by Crippen LogP contribution is 2.14. The maximum Gasteiger partial charge on any atom is 0.270 e. The molecule has 1 amide bonds. The lowest BCUT2D eigenvalue weighted by atomic mass is 10.1. The van der Waals surface area contributed by atoms with Gasteiger partial charge in [-0.15, -0.1) is 12.4 Å². The Kier molecular flexibility index (Phi) is 3.12. The van der Waals surface area contributed by atoms with Gasteiger partial charge in [0.15, 0.2) is 0 Å². The van der Waals surface area contributed by atoms with Crippen LogP contribution in [-0.2, 0) is 6.42 Å². The fourth-order valence-electron chi connectivity index (χ4n) is 1.26. The number of halogens is 2. The molecule has 1 aromatic heterocycles. The van der Waals surface area contributed by atoms with Crippen LogP contribution in [0, 0.1) is 0 Å². The highest BCUT2D eigenvalue weighted by Gasteiger charge is 2.17. The molecular formula is C8H8Cl2N2O. The number of hydrogen-bond donors (Lipinski definition) is 1. The second-order valence-corrected chi connectivity index (χ2v) is 3.03. The Labute approximate surface area is 86.9 Å². The van der Waals surface area contributed by atoms with Crippen LogP contribution in [0.15, 0.2) is 12.1 Å². The van der Waals surface area contributed by atoms with Gasteiger partial charge in [0.2, 0.25) is 0 Å². The first-order valence-electron chi connectivity index (χ1n) is 3.71. The van der Waals surface area contributed by atoms with Crippen molar-refractivity contribution < 1.29 is 4.79 Å². The van der Waals surface area contributed by atoms with Crippen LogP contribution in [0.3, 0.4) is 0 Å². The maximum atomic E-state index is 11.2. The van der Waals surface area contributed by atoms with Gasteiger partial charge in [-0.2, -0.15) is 0 Å². The Morgan fingerprint density at radius 3 is 3.00 bits per heavy atom. The van der Waals surface area contributed by atoms with E-state index < -0.39 is 0 Å². The van der Waals surface area contributed by atoms with Crippen molar-refractivity contribution in [1.82, 2.24) is 10.3 Å². The van der Waals surface area contributed by atoms with E-state index in [4.69, 9.17) is 11.6 Å². The van der Waals surface area contributed by atoms with E-state index in [-0.39, 0.29) is 18.3 Å². The number of fused-ring (bicyclic) bond motifs is 1. The maximum absolute atomic E-state index is 11.2. The van der Waals surface area contributed by atoms with Crippen molar-refractivity contribution in [2.45, 2.75) is 6.42 Å². The summed E-state index contributed by atoms with van der Waals surface area (Å²) in [4.78, 5) is 15.2. The van der Waals surface area contributed by atoms with Crippen LogP contribution in [0.5, 0.6) is 0 Å². The number of carbonyl (C=O) groups is 1. The number of nitrogens with one attached hydrogen (secondary N) is 1. The molecule has 0 aromatic carbocycles. The van der Waals surface area contributed by atoms with Crippen LogP contribution >= 0.6 is 24.0 Å². The summed E-state index contributed by atoms with van der Waals surface area (Å²) in [6, 6.07) is 3.56. The average molecular weight is 219 g/mol. The van der Waals surface area contributed by atoms with Crippen LogP contribution in [-0.4, -0.2) is 17.4 Å². The minimum atomic E-state index is -0.126. The SMILES string of the molecule is Cl.O=C1NCCc2ccc(Cl)nc21. The second-order valence-electron chi connectivity index (χ2n) is 2.65. The van der Waals surface area contributed by atoms with E-state index in [2.05, 4.69) is 10.3 Å². The van der Waals surface area contributed by atoms with Crippen LogP contribution in [0.1, 0.15) is 16.1 Å². The topological polar surface area (TPSA) is 42.0 Å². The van der Waals surface area contributed by atoms with Gasteiger partial charge in [-0.3, -0.25) is 4.79 Å². The number of rotatable bonds is 0. The summed E-state index contributed by atoms with van der Waals surface area (Å²) in [6.45, 7) is 0.690. The molecule has 0 bridgehead atoms. The highest BCUT2D eigenvalue weighted by molar-refractivity contribution is 6.29. The molecule has 0 aliphatic carbocycles. The van der Waals surface area contributed by atoms with E-state index in [0.717, 1.165) is 12.0 Å². The molecule has 3 nitrogen and oxygen atoms in total. The smallest absolute Gasteiger partial charge is 0.270 e. The number of carbonyl (C=O) groups excluding carboxylic acids is 1. The van der Waals surface area contributed by atoms with E-state index in [1.807, 2.05) is 6.07 Å². The van der Waals surface area contributed by atoms with Crippen molar-refractivity contribution >= 4 is 29.9 Å². The first-order valence-corrected chi connectivity index (χ1v) is 4.09. The quantitative estimate of drug-likeness (QED) is 0.671. The second kappa shape index (κ2) is 3.94. The number of hydrogen-bond acceptors (Lipinski definition) is 2. The average Bonchev–Trinajstić information content (AvgIpc) is 2.07. The number of pyridine rings is 1. The Balaban J connectivity index is 0.000000845. The molecule has 1 aromatic rings. The Morgan fingerprint density at radius 1 is 1.46 bits per heavy atom. The van der Waals surface area contributed by atoms with E-state index in [1.165, 1.54) is 0 Å². The Hall–Kier alpha value is -0.800. The molecule has 5 heteroatoms. The van der Waals surface area contributed by atoms with E-state index in [0.29, 0.717) is 17.4 Å². The zero-order chi connectivity index (χ0) is 8.55. The standard InChI is InChI=1S/C8H7ClN2O.ClH/c9-6-2-1-5-3-4-10-8(12)7(5)11-6;/h1-2H,3-4H2,(H,10,12);1H. The summed E-state index contributed by atoms with van der Waals surface area (Å²) in [6.07, 6.45) is 0.839. The molecule has 0 spiro atoms. The number of aromatic nitrogens is 1. The lowest BCUT2D eigenvalue weighted by Crippen LogP contribution is -2.32. The van der Waals surface area contributed by atoms with Crippen molar-refractivity contribution in [3.05, 3.63) is 28.5 Å². The summed E-state index contributed by atoms with van der Waals surface area (Å²) in [7, 11) is 0. The van der Waals surface area contributed by atoms with Gasteiger partial charge in [0.05, 0.1) is 0 Å². The lowest BCUT2D eigenvalue weighted by Gasteiger charge is -2.14. The molecule has 1 aliphatic heterocycles. The molecule has 1 N–H and O–H groups in total. The summed E-state index contributed by atoms with van der Waals surface area (Å²) < 4.78 is 0. The summed E-state index contributed by atoms with van der Waals surface area (Å²) in [5, 5.41) is 3.07. The molecule has 0 fully saturated rings. The molecule has 0 radical (unpaired) electrons. The zero-order valence-corrected chi connectivity index (χ0v) is 8.28. The van der Waals surface area contributed by atoms with E-state index in [1.54, 1.807) is 6.07 Å². The summed E-state index contributed by atoms with van der Waals surface area (Å²) >= 11 is 5.65. The first kappa shape index (κ1) is 10.3. The summed E-state index contributed by atoms with van der Waals surface area (Å²) in [5.74, 6) is -0.126. The Morgan fingerprint density at radius 2 is 2.23 bits per heavy atom. The Bertz CT molecular complexity index is 341. The van der Waals surface area contributed by atoms with Crippen LogP contribution in [0.25, 0.3) is 0 Å². The molecule has 0 unspecified atom stereocenters. The van der Waals surface area contributed by atoms with E-state index >= 15 is 0 Å². The van der Waals surface area contributed by atoms with Gasteiger partial charge in [-0.25, -0.2) is 4.98 Å². The van der Waals surface area contributed by atoms with Crippen molar-refractivity contribution in [1.29, 1.82) is 0 Å². The van der Waals surface area contributed by atoms with Crippen molar-refractivity contribution in [3.8, 4) is 0 Å².